The molecule has 19 heavy (non-hydrogen) atoms. The molecule has 1 fully saturated rings. The molecule has 3 nitrogen and oxygen atoms in total. The number of hydrogen-bond acceptors (Lipinski definition) is 3. The normalized spacial score (nSPS) is 24.2. The van der Waals surface area contributed by atoms with E-state index >= 15 is 0 Å². The molecule has 0 amide bonds. The topological polar surface area (TPSA) is 35.5 Å². The van der Waals surface area contributed by atoms with Crippen molar-refractivity contribution in [3.63, 3.8) is 0 Å². The van der Waals surface area contributed by atoms with Crippen LogP contribution in [0.5, 0.6) is 0 Å². The molecule has 2 rings (SSSR count). The molecule has 106 valence electrons. The van der Waals surface area contributed by atoms with Crippen LogP contribution in [-0.2, 0) is 6.54 Å². The molecular weight excluding hydrogens is 236 g/mol. The van der Waals surface area contributed by atoms with Crippen molar-refractivity contribution in [3.05, 3.63) is 35.9 Å². The first-order valence-electron chi connectivity index (χ1n) is 7.29. The van der Waals surface area contributed by atoms with E-state index in [4.69, 9.17) is 0 Å². The third kappa shape index (κ3) is 4.30. The van der Waals surface area contributed by atoms with Crippen LogP contribution in [0, 0.1) is 11.8 Å². The highest BCUT2D eigenvalue weighted by Gasteiger charge is 2.31. The summed E-state index contributed by atoms with van der Waals surface area (Å²) in [7, 11) is 0. The number of likely N-dealkylation sites (tertiary alicyclic amines) is 1. The van der Waals surface area contributed by atoms with E-state index in [1.807, 2.05) is 0 Å². The van der Waals surface area contributed by atoms with Gasteiger partial charge in [-0.3, -0.25) is 4.90 Å². The lowest BCUT2D eigenvalue weighted by atomic mass is 9.97. The minimum Gasteiger partial charge on any atom is -0.396 e. The molecule has 1 aromatic rings. The van der Waals surface area contributed by atoms with Crippen molar-refractivity contribution in [1.29, 1.82) is 0 Å². The predicted molar refractivity (Wildman–Crippen MR) is 78.9 cm³/mol. The molecule has 3 heteroatoms. The lowest BCUT2D eigenvalue weighted by Gasteiger charge is -2.18. The van der Waals surface area contributed by atoms with E-state index in [9.17, 15) is 5.11 Å². The third-order valence-electron chi connectivity index (χ3n) is 3.92. The molecule has 0 aromatic heterocycles. The largest absolute Gasteiger partial charge is 0.396 e. The van der Waals surface area contributed by atoms with Crippen molar-refractivity contribution in [3.8, 4) is 0 Å². The maximum Gasteiger partial charge on any atom is 0.0475 e. The Bertz CT molecular complexity index is 366. The maximum atomic E-state index is 9.53. The zero-order chi connectivity index (χ0) is 13.7. The van der Waals surface area contributed by atoms with Gasteiger partial charge in [-0.25, -0.2) is 0 Å². The smallest absolute Gasteiger partial charge is 0.0475 e. The number of aliphatic hydroxyl groups excluding tert-OH is 1. The third-order valence-corrected chi connectivity index (χ3v) is 3.92. The summed E-state index contributed by atoms with van der Waals surface area (Å²) in [6, 6.07) is 11.1. The number of benzene rings is 1. The molecule has 0 aliphatic carbocycles. The van der Waals surface area contributed by atoms with Crippen molar-refractivity contribution < 1.29 is 5.11 Å². The van der Waals surface area contributed by atoms with Gasteiger partial charge in [0.05, 0.1) is 0 Å². The Morgan fingerprint density at radius 3 is 2.53 bits per heavy atom. The zero-order valence-corrected chi connectivity index (χ0v) is 12.0. The second-order valence-electron chi connectivity index (χ2n) is 5.95. The van der Waals surface area contributed by atoms with Crippen LogP contribution in [0.2, 0.25) is 0 Å². The van der Waals surface area contributed by atoms with Crippen LogP contribution in [0.4, 0.5) is 0 Å². The minimum absolute atomic E-state index is 0.301. The lowest BCUT2D eigenvalue weighted by molar-refractivity contribution is 0.197. The van der Waals surface area contributed by atoms with Crippen LogP contribution >= 0.6 is 0 Å². The van der Waals surface area contributed by atoms with E-state index in [0.717, 1.165) is 26.2 Å². The van der Waals surface area contributed by atoms with Crippen molar-refractivity contribution in [1.82, 2.24) is 10.2 Å². The Morgan fingerprint density at radius 1 is 1.21 bits per heavy atom. The molecule has 0 spiro atoms. The minimum atomic E-state index is 0.301. The molecule has 1 saturated heterocycles. The van der Waals surface area contributed by atoms with Crippen molar-refractivity contribution in [2.75, 3.05) is 26.2 Å². The fourth-order valence-corrected chi connectivity index (χ4v) is 2.83. The molecular formula is C16H26N2O. The quantitative estimate of drug-likeness (QED) is 0.819. The Hall–Kier alpha value is -0.900. The van der Waals surface area contributed by atoms with E-state index in [-0.39, 0.29) is 0 Å². The average Bonchev–Trinajstić information content (AvgIpc) is 2.79. The van der Waals surface area contributed by atoms with Crippen LogP contribution in [0.1, 0.15) is 19.4 Å². The summed E-state index contributed by atoms with van der Waals surface area (Å²) in [4.78, 5) is 2.46. The van der Waals surface area contributed by atoms with Gasteiger partial charge in [-0.2, -0.15) is 0 Å². The first-order valence-corrected chi connectivity index (χ1v) is 7.29. The summed E-state index contributed by atoms with van der Waals surface area (Å²) >= 11 is 0. The molecule has 1 heterocycles. The summed E-state index contributed by atoms with van der Waals surface area (Å²) in [6.45, 7) is 8.74. The van der Waals surface area contributed by atoms with Crippen LogP contribution in [0.25, 0.3) is 0 Å². The van der Waals surface area contributed by atoms with Gasteiger partial charge < -0.3 is 10.4 Å². The molecule has 0 bridgehead atoms. The van der Waals surface area contributed by atoms with E-state index in [2.05, 4.69) is 54.4 Å². The summed E-state index contributed by atoms with van der Waals surface area (Å²) in [6.07, 6.45) is 0. The lowest BCUT2D eigenvalue weighted by Crippen LogP contribution is -2.33. The van der Waals surface area contributed by atoms with Gasteiger partial charge in [-0.15, -0.1) is 0 Å². The molecule has 1 aliphatic rings. The van der Waals surface area contributed by atoms with Crippen LogP contribution < -0.4 is 5.32 Å². The predicted octanol–water partition coefficient (Wildman–Crippen LogP) is 1.72. The van der Waals surface area contributed by atoms with Gasteiger partial charge in [-0.1, -0.05) is 44.2 Å². The second-order valence-corrected chi connectivity index (χ2v) is 5.95. The van der Waals surface area contributed by atoms with E-state index < -0.39 is 0 Å². The highest BCUT2D eigenvalue weighted by molar-refractivity contribution is 5.14. The fraction of sp³-hybridized carbons (Fsp3) is 0.625. The van der Waals surface area contributed by atoms with E-state index in [1.54, 1.807) is 0 Å². The van der Waals surface area contributed by atoms with Gasteiger partial charge in [0.1, 0.15) is 0 Å². The summed E-state index contributed by atoms with van der Waals surface area (Å²) < 4.78 is 0. The number of nitrogens with one attached hydrogen (secondary N) is 1. The van der Waals surface area contributed by atoms with Crippen molar-refractivity contribution in [2.24, 2.45) is 11.8 Å². The number of nitrogens with zero attached hydrogens (tertiary/aromatic N) is 1. The van der Waals surface area contributed by atoms with Gasteiger partial charge in [0.2, 0.25) is 0 Å². The van der Waals surface area contributed by atoms with Crippen molar-refractivity contribution >= 4 is 0 Å². The first-order chi connectivity index (χ1) is 9.19. The monoisotopic (exact) mass is 262 g/mol. The van der Waals surface area contributed by atoms with Crippen LogP contribution in [-0.4, -0.2) is 42.3 Å². The molecule has 2 N–H and O–H groups in total. The van der Waals surface area contributed by atoms with Gasteiger partial charge in [-0.05, 0) is 23.9 Å². The molecule has 0 saturated carbocycles. The summed E-state index contributed by atoms with van der Waals surface area (Å²) in [5.74, 6) is 0.978. The molecule has 1 aromatic carbocycles. The number of aliphatic hydroxyl groups is 1. The van der Waals surface area contributed by atoms with Gasteiger partial charge in [0, 0.05) is 32.3 Å². The molecule has 1 unspecified atom stereocenters. The zero-order valence-electron chi connectivity index (χ0n) is 12.0. The standard InChI is InChI=1S/C16H26N2O/c1-13(2)17-8-15-10-18(11-16(15)12-19)9-14-6-4-3-5-7-14/h3-7,13,15-17,19H,8-12H2,1-2H3/t15?,16-/m1/s1. The van der Waals surface area contributed by atoms with Crippen molar-refractivity contribution in [2.45, 2.75) is 26.4 Å². The number of rotatable bonds is 6. The van der Waals surface area contributed by atoms with Crippen LogP contribution in [0.3, 0.4) is 0 Å². The highest BCUT2D eigenvalue weighted by atomic mass is 16.3. The van der Waals surface area contributed by atoms with Crippen LogP contribution in [0.15, 0.2) is 30.3 Å². The number of hydrogen-bond donors (Lipinski definition) is 2. The summed E-state index contributed by atoms with van der Waals surface area (Å²) in [5.41, 5.74) is 1.36. The SMILES string of the molecule is CC(C)NCC1CN(Cc2ccccc2)C[C@@H]1CO. The maximum absolute atomic E-state index is 9.53. The first kappa shape index (κ1) is 14.5. The molecule has 1 aliphatic heterocycles. The molecule has 2 atom stereocenters. The fourth-order valence-electron chi connectivity index (χ4n) is 2.83. The second kappa shape index (κ2) is 7.04. The van der Waals surface area contributed by atoms with Gasteiger partial charge >= 0.3 is 0 Å². The van der Waals surface area contributed by atoms with E-state index in [1.165, 1.54) is 5.56 Å². The van der Waals surface area contributed by atoms with E-state index in [0.29, 0.717) is 24.5 Å². The van der Waals surface area contributed by atoms with Gasteiger partial charge in [0.25, 0.3) is 0 Å². The Balaban J connectivity index is 1.87. The highest BCUT2D eigenvalue weighted by Crippen LogP contribution is 2.24. The average molecular weight is 262 g/mol. The Kier molecular flexibility index (Phi) is 5.37. The van der Waals surface area contributed by atoms with Gasteiger partial charge in [0.15, 0.2) is 0 Å². The Labute approximate surface area is 116 Å². The molecule has 0 radical (unpaired) electrons. The summed E-state index contributed by atoms with van der Waals surface area (Å²) in [5, 5.41) is 13.0. The Morgan fingerprint density at radius 2 is 1.89 bits per heavy atom.